The summed E-state index contributed by atoms with van der Waals surface area (Å²) in [6.07, 6.45) is 1.57. The molecule has 0 saturated heterocycles. The highest BCUT2D eigenvalue weighted by Crippen LogP contribution is 2.22. The zero-order valence-corrected chi connectivity index (χ0v) is 14.0. The Morgan fingerprint density at radius 2 is 2.08 bits per heavy atom. The Labute approximate surface area is 140 Å². The third kappa shape index (κ3) is 3.91. The van der Waals surface area contributed by atoms with E-state index in [1.807, 2.05) is 30.3 Å². The van der Waals surface area contributed by atoms with E-state index >= 15 is 0 Å². The fourth-order valence-electron chi connectivity index (χ4n) is 2.46. The van der Waals surface area contributed by atoms with Gasteiger partial charge in [-0.25, -0.2) is 13.4 Å². The van der Waals surface area contributed by atoms with Gasteiger partial charge in [-0.3, -0.25) is 4.79 Å². The van der Waals surface area contributed by atoms with Crippen molar-refractivity contribution >= 4 is 15.8 Å². The predicted molar refractivity (Wildman–Crippen MR) is 87.5 cm³/mol. The number of nitrogens with zero attached hydrogens (tertiary/aromatic N) is 1. The minimum absolute atomic E-state index is 0.00415. The molecule has 1 aliphatic heterocycles. The Morgan fingerprint density at radius 3 is 2.75 bits per heavy atom. The molecule has 1 atom stereocenters. The first kappa shape index (κ1) is 16.4. The number of aromatic nitrogens is 1. The molecule has 1 aromatic heterocycles. The smallest absolute Gasteiger partial charge is 0.306 e. The van der Waals surface area contributed by atoms with Gasteiger partial charge in [0.2, 0.25) is 5.89 Å². The van der Waals surface area contributed by atoms with Crippen molar-refractivity contribution in [2.24, 2.45) is 5.92 Å². The number of rotatable bonds is 5. The molecule has 0 fully saturated rings. The monoisotopic (exact) mass is 347 g/mol. The summed E-state index contributed by atoms with van der Waals surface area (Å²) in [5, 5.41) is 1.15. The van der Waals surface area contributed by atoms with Gasteiger partial charge < -0.3 is 9.15 Å². The van der Waals surface area contributed by atoms with E-state index in [1.165, 1.54) is 6.08 Å². The third-order valence-corrected chi connectivity index (χ3v) is 5.18. The number of benzene rings is 1. The Hall–Kier alpha value is -2.41. The van der Waals surface area contributed by atoms with Gasteiger partial charge in [-0.15, -0.1) is 0 Å². The van der Waals surface area contributed by atoms with Gasteiger partial charge in [-0.2, -0.15) is 0 Å². The number of allylic oxidation sites excluding steroid dienone is 1. The largest absolute Gasteiger partial charge is 0.459 e. The molecule has 3 rings (SSSR count). The summed E-state index contributed by atoms with van der Waals surface area (Å²) in [6.45, 7) is 1.76. The number of sulfone groups is 1. The number of ether oxygens (including phenoxy) is 1. The van der Waals surface area contributed by atoms with Crippen molar-refractivity contribution in [3.8, 4) is 11.5 Å². The van der Waals surface area contributed by atoms with E-state index < -0.39 is 15.8 Å². The van der Waals surface area contributed by atoms with Crippen molar-refractivity contribution in [1.82, 2.24) is 4.98 Å². The lowest BCUT2D eigenvalue weighted by atomic mass is 10.1. The maximum Gasteiger partial charge on any atom is 0.306 e. The lowest BCUT2D eigenvalue weighted by molar-refractivity contribution is -0.145. The molecular formula is C17H17NO5S. The van der Waals surface area contributed by atoms with Gasteiger partial charge in [0.25, 0.3) is 0 Å². The van der Waals surface area contributed by atoms with Gasteiger partial charge >= 0.3 is 5.97 Å². The summed E-state index contributed by atoms with van der Waals surface area (Å²) in [5.74, 6) is 0.253. The molecule has 1 aliphatic rings. The molecule has 126 valence electrons. The Morgan fingerprint density at radius 1 is 1.33 bits per heavy atom. The number of oxazole rings is 1. The van der Waals surface area contributed by atoms with Crippen LogP contribution in [0.25, 0.3) is 11.5 Å². The summed E-state index contributed by atoms with van der Waals surface area (Å²) in [6, 6.07) is 9.44. The van der Waals surface area contributed by atoms with Gasteiger partial charge in [0.1, 0.15) is 18.1 Å². The van der Waals surface area contributed by atoms with Crippen LogP contribution in [0.2, 0.25) is 0 Å². The first-order chi connectivity index (χ1) is 11.4. The number of hydrogen-bond donors (Lipinski definition) is 0. The maximum atomic E-state index is 11.9. The number of esters is 1. The van der Waals surface area contributed by atoms with Gasteiger partial charge in [-0.05, 0) is 19.1 Å². The van der Waals surface area contributed by atoms with E-state index in [9.17, 15) is 13.2 Å². The molecule has 2 aromatic rings. The van der Waals surface area contributed by atoms with Gasteiger partial charge in [-0.1, -0.05) is 24.3 Å². The molecule has 0 amide bonds. The fourth-order valence-corrected chi connectivity index (χ4v) is 3.85. The minimum atomic E-state index is -3.16. The van der Waals surface area contributed by atoms with Gasteiger partial charge in [0.15, 0.2) is 9.84 Å². The summed E-state index contributed by atoms with van der Waals surface area (Å²) in [5.41, 5.74) is 1.40. The van der Waals surface area contributed by atoms with Crippen LogP contribution < -0.4 is 0 Å². The average molecular weight is 347 g/mol. The lowest BCUT2D eigenvalue weighted by Gasteiger charge is -2.06. The second-order valence-electron chi connectivity index (χ2n) is 5.67. The highest BCUT2D eigenvalue weighted by molar-refractivity contribution is 7.94. The minimum Gasteiger partial charge on any atom is -0.459 e. The van der Waals surface area contributed by atoms with Crippen LogP contribution in [0, 0.1) is 12.8 Å². The van der Waals surface area contributed by atoms with Crippen LogP contribution in [0.1, 0.15) is 17.9 Å². The van der Waals surface area contributed by atoms with E-state index in [2.05, 4.69) is 4.98 Å². The van der Waals surface area contributed by atoms with Crippen LogP contribution in [-0.2, 0) is 26.0 Å². The quantitative estimate of drug-likeness (QED) is 0.773. The summed E-state index contributed by atoms with van der Waals surface area (Å²) in [7, 11) is -3.16. The van der Waals surface area contributed by atoms with Crippen molar-refractivity contribution < 1.29 is 22.4 Å². The highest BCUT2D eigenvalue weighted by atomic mass is 32.2. The van der Waals surface area contributed by atoms with E-state index in [0.717, 1.165) is 11.0 Å². The number of carbonyl (C=O) groups is 1. The van der Waals surface area contributed by atoms with Crippen molar-refractivity contribution in [2.45, 2.75) is 20.0 Å². The van der Waals surface area contributed by atoms with E-state index in [-0.39, 0.29) is 24.7 Å². The average Bonchev–Trinajstić information content (AvgIpc) is 3.08. The standard InChI is InChI=1S/C17H17NO5S/c1-12-15(18-17(23-12)14-5-3-2-4-6-14)10-22-16(19)9-13-7-8-24(20,21)11-13/h2-8,13H,9-11H2,1H3. The number of carbonyl (C=O) groups excluding carboxylic acids is 1. The van der Waals surface area contributed by atoms with E-state index in [0.29, 0.717) is 17.3 Å². The van der Waals surface area contributed by atoms with E-state index in [4.69, 9.17) is 9.15 Å². The predicted octanol–water partition coefficient (Wildman–Crippen LogP) is 2.64. The summed E-state index contributed by atoms with van der Waals surface area (Å²) >= 11 is 0. The maximum absolute atomic E-state index is 11.9. The van der Waals surface area contributed by atoms with Crippen molar-refractivity contribution in [1.29, 1.82) is 0 Å². The second kappa shape index (κ2) is 6.60. The van der Waals surface area contributed by atoms with Crippen molar-refractivity contribution in [2.75, 3.05) is 5.75 Å². The van der Waals surface area contributed by atoms with Crippen LogP contribution in [0.15, 0.2) is 46.2 Å². The molecule has 2 heterocycles. The topological polar surface area (TPSA) is 86.5 Å². The summed E-state index contributed by atoms with van der Waals surface area (Å²) in [4.78, 5) is 16.2. The van der Waals surface area contributed by atoms with Crippen LogP contribution in [0.4, 0.5) is 0 Å². The van der Waals surface area contributed by atoms with Gasteiger partial charge in [0, 0.05) is 16.9 Å². The third-order valence-electron chi connectivity index (χ3n) is 3.72. The van der Waals surface area contributed by atoms with Crippen molar-refractivity contribution in [3.63, 3.8) is 0 Å². The fraction of sp³-hybridized carbons (Fsp3) is 0.294. The molecule has 0 aliphatic carbocycles. The molecule has 1 unspecified atom stereocenters. The molecule has 24 heavy (non-hydrogen) atoms. The molecule has 6 nitrogen and oxygen atoms in total. The first-order valence-corrected chi connectivity index (χ1v) is 9.23. The molecular weight excluding hydrogens is 330 g/mol. The van der Waals surface area contributed by atoms with Crippen LogP contribution in [0.5, 0.6) is 0 Å². The van der Waals surface area contributed by atoms with Crippen LogP contribution in [-0.4, -0.2) is 25.1 Å². The number of aryl methyl sites for hydroxylation is 1. The molecule has 1 aromatic carbocycles. The van der Waals surface area contributed by atoms with Gasteiger partial charge in [0.05, 0.1) is 12.2 Å². The van der Waals surface area contributed by atoms with Crippen LogP contribution >= 0.6 is 0 Å². The van der Waals surface area contributed by atoms with Crippen molar-refractivity contribution in [3.05, 3.63) is 53.3 Å². The highest BCUT2D eigenvalue weighted by Gasteiger charge is 2.24. The molecule has 0 spiro atoms. The van der Waals surface area contributed by atoms with E-state index in [1.54, 1.807) is 6.92 Å². The molecule has 0 saturated carbocycles. The SMILES string of the molecule is Cc1oc(-c2ccccc2)nc1COC(=O)CC1C=CS(=O)(=O)C1. The molecule has 0 N–H and O–H groups in total. The second-order valence-corrected chi connectivity index (χ2v) is 7.60. The Kier molecular flexibility index (Phi) is 4.53. The first-order valence-electron chi connectivity index (χ1n) is 7.51. The zero-order chi connectivity index (χ0) is 17.2. The lowest BCUT2D eigenvalue weighted by Crippen LogP contribution is -2.13. The van der Waals surface area contributed by atoms with Crippen LogP contribution in [0.3, 0.4) is 0 Å². The summed E-state index contributed by atoms with van der Waals surface area (Å²) < 4.78 is 33.4. The molecule has 0 bridgehead atoms. The Bertz CT molecular complexity index is 868. The molecule has 7 heteroatoms. The zero-order valence-electron chi connectivity index (χ0n) is 13.1. The number of hydrogen-bond acceptors (Lipinski definition) is 6. The normalized spacial score (nSPS) is 18.6. The Balaban J connectivity index is 1.58. The molecule has 0 radical (unpaired) electrons.